The van der Waals surface area contributed by atoms with Crippen molar-refractivity contribution in [2.24, 2.45) is 0 Å². The number of pyridine rings is 3. The third-order valence-electron chi connectivity index (χ3n) is 4.08. The molecule has 0 aromatic carbocycles. The van der Waals surface area contributed by atoms with E-state index in [1.54, 1.807) is 0 Å². The fourth-order valence-electron chi connectivity index (χ4n) is 2.95. The molecule has 0 atom stereocenters. The maximum Gasteiger partial charge on any atom is 0.0273 e. The van der Waals surface area contributed by atoms with Crippen molar-refractivity contribution in [3.8, 4) is 0 Å². The molecule has 0 saturated heterocycles. The predicted octanol–water partition coefficient (Wildman–Crippen LogP) is 4.27. The quantitative estimate of drug-likeness (QED) is 0.724. The number of hydrogen-bond donors (Lipinski definition) is 0. The molecular formula is C20H15N3. The highest BCUT2D eigenvalue weighted by Crippen LogP contribution is 2.41. The van der Waals surface area contributed by atoms with Gasteiger partial charge in [-0.1, -0.05) is 0 Å². The second kappa shape index (κ2) is 5.97. The Morgan fingerprint density at radius 1 is 0.565 bits per heavy atom. The molecule has 0 spiro atoms. The summed E-state index contributed by atoms with van der Waals surface area (Å²) < 4.78 is 0. The fraction of sp³-hybridized carbons (Fsp3) is 0.0500. The smallest absolute Gasteiger partial charge is 0.0273 e. The van der Waals surface area contributed by atoms with Gasteiger partial charge < -0.3 is 0 Å². The van der Waals surface area contributed by atoms with Crippen LogP contribution in [0.25, 0.3) is 16.7 Å². The van der Waals surface area contributed by atoms with Gasteiger partial charge in [0.05, 0.1) is 0 Å². The second-order valence-corrected chi connectivity index (χ2v) is 5.45. The van der Waals surface area contributed by atoms with Crippen molar-refractivity contribution in [2.75, 3.05) is 0 Å². The maximum atomic E-state index is 4.13. The first kappa shape index (κ1) is 13.6. The van der Waals surface area contributed by atoms with Crippen LogP contribution in [0.5, 0.6) is 0 Å². The van der Waals surface area contributed by atoms with Crippen LogP contribution in [0.3, 0.4) is 0 Å². The molecule has 0 aliphatic heterocycles. The van der Waals surface area contributed by atoms with Gasteiger partial charge in [-0.2, -0.15) is 0 Å². The summed E-state index contributed by atoms with van der Waals surface area (Å²) in [7, 11) is 0. The lowest BCUT2D eigenvalue weighted by Crippen LogP contribution is -1.88. The van der Waals surface area contributed by atoms with Gasteiger partial charge in [0, 0.05) is 37.2 Å². The molecule has 110 valence electrons. The molecule has 3 heteroatoms. The van der Waals surface area contributed by atoms with Crippen molar-refractivity contribution in [3.05, 3.63) is 96.3 Å². The Morgan fingerprint density at radius 2 is 1.04 bits per heavy atom. The molecular weight excluding hydrogens is 282 g/mol. The number of hydrogen-bond acceptors (Lipinski definition) is 3. The zero-order chi connectivity index (χ0) is 15.5. The molecule has 0 saturated carbocycles. The molecule has 0 bridgehead atoms. The summed E-state index contributed by atoms with van der Waals surface area (Å²) in [5.41, 5.74) is 7.51. The van der Waals surface area contributed by atoms with Gasteiger partial charge in [0.15, 0.2) is 0 Å². The highest BCUT2D eigenvalue weighted by atomic mass is 14.6. The standard InChI is InChI=1S/C20H15N3/c1-7-21-8-2-15(1)18-13-19(16-3-9-22-10-4-16)20(14-18)17-5-11-23-12-6-17/h1-13H,14H2. The molecule has 1 aliphatic rings. The first-order valence-corrected chi connectivity index (χ1v) is 7.57. The monoisotopic (exact) mass is 297 g/mol. The van der Waals surface area contributed by atoms with Gasteiger partial charge in [0.25, 0.3) is 0 Å². The van der Waals surface area contributed by atoms with Gasteiger partial charge in [0.1, 0.15) is 0 Å². The molecule has 4 rings (SSSR count). The van der Waals surface area contributed by atoms with Gasteiger partial charge in [-0.3, -0.25) is 15.0 Å². The lowest BCUT2D eigenvalue weighted by atomic mass is 9.97. The molecule has 3 aromatic rings. The minimum absolute atomic E-state index is 0.908. The summed E-state index contributed by atoms with van der Waals surface area (Å²) in [4.78, 5) is 12.4. The Morgan fingerprint density at radius 3 is 1.61 bits per heavy atom. The number of aromatic nitrogens is 3. The fourth-order valence-corrected chi connectivity index (χ4v) is 2.95. The van der Waals surface area contributed by atoms with Crippen molar-refractivity contribution in [1.82, 2.24) is 15.0 Å². The molecule has 1 aliphatic carbocycles. The van der Waals surface area contributed by atoms with Crippen LogP contribution < -0.4 is 0 Å². The summed E-state index contributed by atoms with van der Waals surface area (Å²) in [6.07, 6.45) is 14.2. The lowest BCUT2D eigenvalue weighted by Gasteiger charge is -2.08. The Labute approximate surface area is 135 Å². The van der Waals surface area contributed by atoms with Crippen LogP contribution in [-0.4, -0.2) is 15.0 Å². The summed E-state index contributed by atoms with van der Waals surface area (Å²) >= 11 is 0. The molecule has 0 N–H and O–H groups in total. The van der Waals surface area contributed by atoms with E-state index in [1.807, 2.05) is 37.2 Å². The average molecular weight is 297 g/mol. The topological polar surface area (TPSA) is 38.7 Å². The van der Waals surface area contributed by atoms with E-state index in [1.165, 1.54) is 33.4 Å². The molecule has 0 unspecified atom stereocenters. The van der Waals surface area contributed by atoms with E-state index >= 15 is 0 Å². The van der Waals surface area contributed by atoms with Crippen LogP contribution in [0, 0.1) is 0 Å². The molecule has 0 fully saturated rings. The van der Waals surface area contributed by atoms with E-state index in [0.717, 1.165) is 6.42 Å². The van der Waals surface area contributed by atoms with Crippen LogP contribution in [0.4, 0.5) is 0 Å². The number of nitrogens with zero attached hydrogens (tertiary/aromatic N) is 3. The first-order chi connectivity index (χ1) is 11.4. The molecule has 3 aromatic heterocycles. The van der Waals surface area contributed by atoms with E-state index in [-0.39, 0.29) is 0 Å². The Balaban J connectivity index is 1.82. The van der Waals surface area contributed by atoms with Gasteiger partial charge in [-0.15, -0.1) is 0 Å². The van der Waals surface area contributed by atoms with Crippen molar-refractivity contribution >= 4 is 16.7 Å². The zero-order valence-electron chi connectivity index (χ0n) is 12.6. The molecule has 0 amide bonds. The van der Waals surface area contributed by atoms with E-state index in [2.05, 4.69) is 57.4 Å². The van der Waals surface area contributed by atoms with Crippen molar-refractivity contribution in [2.45, 2.75) is 6.42 Å². The van der Waals surface area contributed by atoms with E-state index in [9.17, 15) is 0 Å². The second-order valence-electron chi connectivity index (χ2n) is 5.45. The molecule has 3 heterocycles. The van der Waals surface area contributed by atoms with Crippen LogP contribution in [-0.2, 0) is 0 Å². The molecule has 3 nitrogen and oxygen atoms in total. The Bertz CT molecular complexity index is 867. The first-order valence-electron chi connectivity index (χ1n) is 7.57. The average Bonchev–Trinajstić information content (AvgIpc) is 3.09. The summed E-state index contributed by atoms with van der Waals surface area (Å²) in [5, 5.41) is 0. The molecule has 23 heavy (non-hydrogen) atoms. The molecule has 0 radical (unpaired) electrons. The van der Waals surface area contributed by atoms with Crippen molar-refractivity contribution in [3.63, 3.8) is 0 Å². The largest absolute Gasteiger partial charge is 0.265 e. The summed E-state index contributed by atoms with van der Waals surface area (Å²) in [5.74, 6) is 0. The predicted molar refractivity (Wildman–Crippen MR) is 92.1 cm³/mol. The minimum atomic E-state index is 0.908. The summed E-state index contributed by atoms with van der Waals surface area (Å²) in [6.45, 7) is 0. The van der Waals surface area contributed by atoms with Crippen molar-refractivity contribution in [1.29, 1.82) is 0 Å². The van der Waals surface area contributed by atoms with Gasteiger partial charge in [0.2, 0.25) is 0 Å². The van der Waals surface area contributed by atoms with Crippen LogP contribution in [0.1, 0.15) is 23.1 Å². The maximum absolute atomic E-state index is 4.13. The van der Waals surface area contributed by atoms with Crippen LogP contribution in [0.15, 0.2) is 79.7 Å². The Hall–Kier alpha value is -3.07. The minimum Gasteiger partial charge on any atom is -0.265 e. The number of rotatable bonds is 3. The van der Waals surface area contributed by atoms with Crippen molar-refractivity contribution < 1.29 is 0 Å². The van der Waals surface area contributed by atoms with Gasteiger partial charge >= 0.3 is 0 Å². The summed E-state index contributed by atoms with van der Waals surface area (Å²) in [6, 6.07) is 12.4. The van der Waals surface area contributed by atoms with Crippen LogP contribution in [0.2, 0.25) is 0 Å². The van der Waals surface area contributed by atoms with Crippen LogP contribution >= 0.6 is 0 Å². The van der Waals surface area contributed by atoms with E-state index in [4.69, 9.17) is 0 Å². The zero-order valence-corrected chi connectivity index (χ0v) is 12.6. The number of allylic oxidation sites excluding steroid dienone is 4. The highest BCUT2D eigenvalue weighted by Gasteiger charge is 2.19. The van der Waals surface area contributed by atoms with E-state index in [0.29, 0.717) is 0 Å². The van der Waals surface area contributed by atoms with Gasteiger partial charge in [-0.05, 0) is 82.3 Å². The third-order valence-corrected chi connectivity index (χ3v) is 4.08. The SMILES string of the molecule is C1=C(c2ccncc2)CC(c2ccncc2)=C1c1ccncc1. The Kier molecular flexibility index (Phi) is 3.53. The lowest BCUT2D eigenvalue weighted by molar-refractivity contribution is 1.29. The highest BCUT2D eigenvalue weighted by molar-refractivity contribution is 6.06. The third kappa shape index (κ3) is 2.69. The van der Waals surface area contributed by atoms with E-state index < -0.39 is 0 Å². The normalized spacial score (nSPS) is 14.0. The van der Waals surface area contributed by atoms with Gasteiger partial charge in [-0.25, -0.2) is 0 Å².